The highest BCUT2D eigenvalue weighted by Crippen LogP contribution is 2.33. The Morgan fingerprint density at radius 2 is 0.848 bits per heavy atom. The lowest BCUT2D eigenvalue weighted by atomic mass is 9.91. The molecule has 0 radical (unpaired) electrons. The quantitative estimate of drug-likeness (QED) is 0.454. The number of carbonyl (C=O) groups is 3. The molecule has 1 rings (SSSR count). The minimum atomic E-state index is -5.32. The van der Waals surface area contributed by atoms with Crippen molar-refractivity contribution >= 4 is 17.7 Å². The topological polar surface area (TPSA) is 108 Å². The first-order valence-corrected chi connectivity index (χ1v) is 8.66. The van der Waals surface area contributed by atoms with Crippen LogP contribution in [0.25, 0.3) is 0 Å². The van der Waals surface area contributed by atoms with Crippen LogP contribution in [0, 0.1) is 13.8 Å². The van der Waals surface area contributed by atoms with E-state index < -0.39 is 72.8 Å². The van der Waals surface area contributed by atoms with Gasteiger partial charge in [-0.25, -0.2) is 0 Å². The zero-order valence-corrected chi connectivity index (χ0v) is 16.7. The number of phenolic OH excluding ortho intramolecular Hbond substituents is 1. The number of halogens is 9. The highest BCUT2D eigenvalue weighted by Gasteiger charge is 2.40. The molecule has 0 aliphatic carbocycles. The highest BCUT2D eigenvalue weighted by atomic mass is 19.4. The van der Waals surface area contributed by atoms with Crippen LogP contribution in [0.2, 0.25) is 0 Å². The zero-order chi connectivity index (χ0) is 25.9. The number of alkyl halides is 9. The molecule has 0 aliphatic heterocycles. The number of carbonyl (C=O) groups excluding carboxylic acids is 3. The third kappa shape index (κ3) is 7.15. The number of hydrogen-bond acceptors (Lipinski definition) is 4. The maximum atomic E-state index is 12.5. The van der Waals surface area contributed by atoms with Gasteiger partial charge in [0.15, 0.2) is 0 Å². The molecule has 33 heavy (non-hydrogen) atoms. The van der Waals surface area contributed by atoms with Gasteiger partial charge < -0.3 is 21.1 Å². The lowest BCUT2D eigenvalue weighted by Gasteiger charge is -2.22. The lowest BCUT2D eigenvalue weighted by Crippen LogP contribution is -2.38. The molecule has 0 bridgehead atoms. The summed E-state index contributed by atoms with van der Waals surface area (Å²) in [5, 5.41) is 14.7. The van der Waals surface area contributed by atoms with Gasteiger partial charge in [0.25, 0.3) is 0 Å². The Morgan fingerprint density at radius 1 is 0.606 bits per heavy atom. The number of hydrogen-bond donors (Lipinski definition) is 4. The average Bonchev–Trinajstić information content (AvgIpc) is 2.64. The second kappa shape index (κ2) is 9.74. The molecule has 0 aromatic heterocycles. The van der Waals surface area contributed by atoms with Gasteiger partial charge in [0.2, 0.25) is 0 Å². The van der Waals surface area contributed by atoms with E-state index in [2.05, 4.69) is 0 Å². The molecule has 1 aromatic carbocycles. The van der Waals surface area contributed by atoms with Crippen molar-refractivity contribution in [3.8, 4) is 5.75 Å². The van der Waals surface area contributed by atoms with Gasteiger partial charge in [-0.05, 0) is 30.5 Å². The van der Waals surface area contributed by atoms with Crippen LogP contribution in [0.5, 0.6) is 5.75 Å². The van der Waals surface area contributed by atoms with Crippen LogP contribution in [0.3, 0.4) is 0 Å². The summed E-state index contributed by atoms with van der Waals surface area (Å²) in [6.07, 6.45) is -15.9. The van der Waals surface area contributed by atoms with Gasteiger partial charge in [0.1, 0.15) is 5.75 Å². The van der Waals surface area contributed by atoms with Crippen molar-refractivity contribution in [2.45, 2.75) is 52.0 Å². The predicted octanol–water partition coefficient (Wildman–Crippen LogP) is 2.54. The summed E-state index contributed by atoms with van der Waals surface area (Å²) >= 11 is 0. The van der Waals surface area contributed by atoms with Gasteiger partial charge in [-0.1, -0.05) is 0 Å². The van der Waals surface area contributed by atoms with E-state index in [0.717, 1.165) is 13.8 Å². The fourth-order valence-electron chi connectivity index (χ4n) is 2.69. The van der Waals surface area contributed by atoms with Crippen molar-refractivity contribution in [1.29, 1.82) is 0 Å². The molecule has 0 heterocycles. The smallest absolute Gasteiger partial charge is 0.471 e. The molecule has 3 amide bonds. The van der Waals surface area contributed by atoms with E-state index in [0.29, 0.717) is 0 Å². The van der Waals surface area contributed by atoms with E-state index in [-0.39, 0.29) is 16.7 Å². The van der Waals surface area contributed by atoms with Crippen LogP contribution in [0.15, 0.2) is 0 Å². The Bertz CT molecular complexity index is 798. The van der Waals surface area contributed by atoms with E-state index in [1.807, 2.05) is 0 Å². The van der Waals surface area contributed by atoms with Gasteiger partial charge in [0.05, 0.1) is 0 Å². The van der Waals surface area contributed by atoms with Crippen LogP contribution in [0.4, 0.5) is 39.5 Å². The molecule has 1 aromatic rings. The largest absolute Gasteiger partial charge is 0.507 e. The lowest BCUT2D eigenvalue weighted by molar-refractivity contribution is -0.173. The van der Waals surface area contributed by atoms with Gasteiger partial charge in [-0.2, -0.15) is 39.5 Å². The maximum absolute atomic E-state index is 12.5. The number of aromatic hydroxyl groups is 1. The monoisotopic (exact) mass is 497 g/mol. The standard InChI is InChI=1S/C17H16F9N3O4/c1-6-8(3-27-12(31)15(18,19)20)7(2)10(5-29-14(33)17(24,25)26)11(30)9(6)4-28-13(32)16(21,22)23/h30H,3-5H2,1-2H3,(H,27,31)(H,28,32)(H,29,33). The van der Waals surface area contributed by atoms with Crippen molar-refractivity contribution in [3.63, 3.8) is 0 Å². The van der Waals surface area contributed by atoms with E-state index in [4.69, 9.17) is 0 Å². The number of rotatable bonds is 6. The third-order valence-corrected chi connectivity index (χ3v) is 4.43. The Kier molecular flexibility index (Phi) is 8.22. The molecular formula is C17H16F9N3O4. The average molecular weight is 497 g/mol. The second-order valence-electron chi connectivity index (χ2n) is 6.58. The molecular weight excluding hydrogens is 481 g/mol. The molecule has 0 atom stereocenters. The number of nitrogens with one attached hydrogen (secondary N) is 3. The first-order valence-electron chi connectivity index (χ1n) is 8.66. The van der Waals surface area contributed by atoms with E-state index in [1.165, 1.54) is 16.0 Å². The minimum Gasteiger partial charge on any atom is -0.507 e. The summed E-state index contributed by atoms with van der Waals surface area (Å²) in [6, 6.07) is 0. The molecule has 0 saturated heterocycles. The molecule has 0 unspecified atom stereocenters. The van der Waals surface area contributed by atoms with Crippen LogP contribution < -0.4 is 16.0 Å². The molecule has 0 spiro atoms. The summed E-state index contributed by atoms with van der Waals surface area (Å²) < 4.78 is 112. The zero-order valence-electron chi connectivity index (χ0n) is 16.7. The molecule has 16 heteroatoms. The van der Waals surface area contributed by atoms with Gasteiger partial charge in [-0.15, -0.1) is 0 Å². The van der Waals surface area contributed by atoms with Crippen molar-refractivity contribution in [2.24, 2.45) is 0 Å². The Hall–Kier alpha value is -3.20. The summed E-state index contributed by atoms with van der Waals surface area (Å²) in [6.45, 7) is -0.645. The van der Waals surface area contributed by atoms with Crippen molar-refractivity contribution in [3.05, 3.63) is 27.8 Å². The fraction of sp³-hybridized carbons (Fsp3) is 0.471. The van der Waals surface area contributed by atoms with E-state index >= 15 is 0 Å². The van der Waals surface area contributed by atoms with Crippen molar-refractivity contribution in [1.82, 2.24) is 16.0 Å². The van der Waals surface area contributed by atoms with Crippen LogP contribution in [0.1, 0.15) is 27.8 Å². The van der Waals surface area contributed by atoms with Crippen molar-refractivity contribution < 1.29 is 59.0 Å². The minimum absolute atomic E-state index is 0.152. The molecule has 0 saturated carbocycles. The number of phenols is 1. The summed E-state index contributed by atoms with van der Waals surface area (Å²) in [5.74, 6) is -8.14. The van der Waals surface area contributed by atoms with Gasteiger partial charge in [-0.3, -0.25) is 14.4 Å². The SMILES string of the molecule is Cc1c(CNC(=O)C(F)(F)F)c(C)c(CNC(=O)C(F)(F)F)c(O)c1CNC(=O)C(F)(F)F. The summed E-state index contributed by atoms with van der Waals surface area (Å²) in [7, 11) is 0. The summed E-state index contributed by atoms with van der Waals surface area (Å²) in [4.78, 5) is 33.2. The molecule has 4 N–H and O–H groups in total. The third-order valence-electron chi connectivity index (χ3n) is 4.43. The first kappa shape index (κ1) is 27.8. The summed E-state index contributed by atoms with van der Waals surface area (Å²) in [5.41, 5.74) is -1.46. The normalized spacial score (nSPS) is 12.3. The van der Waals surface area contributed by atoms with E-state index in [1.54, 1.807) is 0 Å². The molecule has 0 aliphatic rings. The van der Waals surface area contributed by atoms with Gasteiger partial charge >= 0.3 is 36.3 Å². The first-order chi connectivity index (χ1) is 14.8. The second-order valence-corrected chi connectivity index (χ2v) is 6.58. The predicted molar refractivity (Wildman–Crippen MR) is 91.3 cm³/mol. The van der Waals surface area contributed by atoms with Gasteiger partial charge in [0, 0.05) is 30.8 Å². The number of amides is 3. The maximum Gasteiger partial charge on any atom is 0.471 e. The fourth-order valence-corrected chi connectivity index (χ4v) is 2.69. The molecule has 7 nitrogen and oxygen atoms in total. The number of benzene rings is 1. The Morgan fingerprint density at radius 3 is 1.09 bits per heavy atom. The highest BCUT2D eigenvalue weighted by molar-refractivity contribution is 5.83. The Balaban J connectivity index is 3.42. The Labute approximate surface area is 179 Å². The van der Waals surface area contributed by atoms with Crippen LogP contribution in [-0.2, 0) is 34.0 Å². The van der Waals surface area contributed by atoms with E-state index in [9.17, 15) is 59.0 Å². The van der Waals surface area contributed by atoms with Crippen molar-refractivity contribution in [2.75, 3.05) is 0 Å². The van der Waals surface area contributed by atoms with Crippen LogP contribution in [-0.4, -0.2) is 41.4 Å². The molecule has 186 valence electrons. The van der Waals surface area contributed by atoms with Crippen LogP contribution >= 0.6 is 0 Å². The molecule has 0 fully saturated rings.